The van der Waals surface area contributed by atoms with Crippen molar-refractivity contribution < 1.29 is 18.3 Å². The Hall–Kier alpha value is -0.420. The fraction of sp³-hybridized carbons (Fsp3) is 0.857. The van der Waals surface area contributed by atoms with Gasteiger partial charge >= 0.3 is 5.97 Å². The molecule has 0 N–H and O–H groups in total. The molecule has 0 aliphatic carbocycles. The van der Waals surface area contributed by atoms with Crippen LogP contribution >= 0.6 is 0 Å². The lowest BCUT2D eigenvalue weighted by Crippen LogP contribution is -2.14. The molecule has 0 saturated heterocycles. The second-order valence-corrected chi connectivity index (χ2v) is 3.53. The van der Waals surface area contributed by atoms with Gasteiger partial charge in [0.25, 0.3) is 0 Å². The molecule has 0 saturated carbocycles. The van der Waals surface area contributed by atoms with Gasteiger partial charge in [0.1, 0.15) is 0 Å². The van der Waals surface area contributed by atoms with E-state index in [2.05, 4.69) is 4.74 Å². The maximum Gasteiger partial charge on any atom is 0.306 e. The average Bonchev–Trinajstić information content (AvgIpc) is 1.84. The summed E-state index contributed by atoms with van der Waals surface area (Å²) in [5.41, 5.74) is 0. The van der Waals surface area contributed by atoms with Gasteiger partial charge in [-0.15, -0.1) is 0 Å². The molecular formula is C7H13O4S-. The Morgan fingerprint density at radius 2 is 2.25 bits per heavy atom. The average molecular weight is 193 g/mol. The van der Waals surface area contributed by atoms with E-state index in [0.29, 0.717) is 6.61 Å². The summed E-state index contributed by atoms with van der Waals surface area (Å²) >= 11 is -2.07. The summed E-state index contributed by atoms with van der Waals surface area (Å²) in [4.78, 5) is 10.8. The summed E-state index contributed by atoms with van der Waals surface area (Å²) in [6.45, 7) is 3.76. The second-order valence-electron chi connectivity index (χ2n) is 2.58. The van der Waals surface area contributed by atoms with Crippen molar-refractivity contribution in [1.82, 2.24) is 0 Å². The molecule has 4 nitrogen and oxygen atoms in total. The van der Waals surface area contributed by atoms with Crippen LogP contribution in [0.2, 0.25) is 0 Å². The zero-order valence-corrected chi connectivity index (χ0v) is 8.06. The molecule has 0 aromatic rings. The van der Waals surface area contributed by atoms with Gasteiger partial charge in [0.2, 0.25) is 0 Å². The van der Waals surface area contributed by atoms with Crippen LogP contribution in [0.25, 0.3) is 0 Å². The number of carbonyl (C=O) groups excluding carboxylic acids is 1. The van der Waals surface area contributed by atoms with Crippen molar-refractivity contribution in [3.8, 4) is 0 Å². The van der Waals surface area contributed by atoms with E-state index in [1.54, 1.807) is 13.8 Å². The highest BCUT2D eigenvalue weighted by Crippen LogP contribution is 2.04. The van der Waals surface area contributed by atoms with Crippen molar-refractivity contribution in [2.24, 2.45) is 5.92 Å². The van der Waals surface area contributed by atoms with Gasteiger partial charge in [-0.2, -0.15) is 0 Å². The van der Waals surface area contributed by atoms with E-state index in [4.69, 9.17) is 0 Å². The lowest BCUT2D eigenvalue weighted by molar-refractivity contribution is -0.143. The molecule has 0 radical (unpaired) electrons. The first kappa shape index (κ1) is 11.6. The molecule has 0 aliphatic rings. The van der Waals surface area contributed by atoms with Crippen molar-refractivity contribution in [3.05, 3.63) is 0 Å². The van der Waals surface area contributed by atoms with Crippen LogP contribution in [0.3, 0.4) is 0 Å². The SMILES string of the molecule is CCOC(=O)C[C@@H](C)CS(=O)[O-]. The fourth-order valence-corrected chi connectivity index (χ4v) is 1.38. The Balaban J connectivity index is 3.61. The number of rotatable bonds is 5. The molecule has 12 heavy (non-hydrogen) atoms. The minimum absolute atomic E-state index is 0.0127. The Morgan fingerprint density at radius 3 is 2.67 bits per heavy atom. The van der Waals surface area contributed by atoms with Gasteiger partial charge in [-0.25, -0.2) is 0 Å². The highest BCUT2D eigenvalue weighted by molar-refractivity contribution is 7.79. The minimum Gasteiger partial charge on any atom is -0.772 e. The molecular weight excluding hydrogens is 180 g/mol. The van der Waals surface area contributed by atoms with Gasteiger partial charge < -0.3 is 9.29 Å². The van der Waals surface area contributed by atoms with Gasteiger partial charge in [0.15, 0.2) is 0 Å². The normalized spacial score (nSPS) is 15.2. The van der Waals surface area contributed by atoms with Crippen molar-refractivity contribution >= 4 is 17.0 Å². The van der Waals surface area contributed by atoms with Gasteiger partial charge in [0.05, 0.1) is 6.61 Å². The molecule has 0 heterocycles. The fourth-order valence-electron chi connectivity index (χ4n) is 0.796. The van der Waals surface area contributed by atoms with E-state index in [-0.39, 0.29) is 24.1 Å². The van der Waals surface area contributed by atoms with Crippen LogP contribution in [-0.2, 0) is 20.6 Å². The molecule has 0 rings (SSSR count). The van der Waals surface area contributed by atoms with Gasteiger partial charge in [-0.1, -0.05) is 18.0 Å². The van der Waals surface area contributed by atoms with Gasteiger partial charge in [-0.05, 0) is 12.8 Å². The van der Waals surface area contributed by atoms with Crippen LogP contribution in [0, 0.1) is 5.92 Å². The summed E-state index contributed by atoms with van der Waals surface area (Å²) in [6.07, 6.45) is 0.168. The summed E-state index contributed by atoms with van der Waals surface area (Å²) in [5, 5.41) is 0. The topological polar surface area (TPSA) is 66.4 Å². The molecule has 0 amide bonds. The molecule has 72 valence electrons. The maximum atomic E-state index is 10.8. The van der Waals surface area contributed by atoms with Crippen LogP contribution in [0.1, 0.15) is 20.3 Å². The monoisotopic (exact) mass is 193 g/mol. The number of hydrogen-bond acceptors (Lipinski definition) is 4. The van der Waals surface area contributed by atoms with E-state index >= 15 is 0 Å². The number of esters is 1. The lowest BCUT2D eigenvalue weighted by Gasteiger charge is -2.11. The van der Waals surface area contributed by atoms with Crippen LogP contribution in [0.5, 0.6) is 0 Å². The molecule has 5 heteroatoms. The molecule has 0 fully saturated rings. The van der Waals surface area contributed by atoms with Gasteiger partial charge in [0, 0.05) is 12.2 Å². The molecule has 0 bridgehead atoms. The Kier molecular flexibility index (Phi) is 5.92. The van der Waals surface area contributed by atoms with Crippen LogP contribution in [-0.4, -0.2) is 27.1 Å². The zero-order chi connectivity index (χ0) is 9.56. The predicted octanol–water partition coefficient (Wildman–Crippen LogP) is 0.455. The molecule has 2 atom stereocenters. The first-order valence-electron chi connectivity index (χ1n) is 3.77. The van der Waals surface area contributed by atoms with Gasteiger partial charge in [-0.3, -0.25) is 9.00 Å². The molecule has 0 aromatic carbocycles. The van der Waals surface area contributed by atoms with E-state index in [1.807, 2.05) is 0 Å². The van der Waals surface area contributed by atoms with Crippen LogP contribution in [0.15, 0.2) is 0 Å². The van der Waals surface area contributed by atoms with Crippen molar-refractivity contribution in [2.75, 3.05) is 12.4 Å². The van der Waals surface area contributed by atoms with E-state index in [1.165, 1.54) is 0 Å². The lowest BCUT2D eigenvalue weighted by atomic mass is 10.1. The Labute approximate surface area is 74.6 Å². The number of carbonyl (C=O) groups is 1. The second kappa shape index (κ2) is 6.14. The third-order valence-corrected chi connectivity index (χ3v) is 2.08. The molecule has 0 spiro atoms. The first-order chi connectivity index (χ1) is 5.56. The smallest absolute Gasteiger partial charge is 0.306 e. The standard InChI is InChI=1S/C7H14O4S/c1-3-11-7(8)4-6(2)5-12(9)10/h6H,3-5H2,1-2H3,(H,9,10)/p-1/t6-/m1/s1. The maximum absolute atomic E-state index is 10.8. The Bertz CT molecular complexity index is 169. The van der Waals surface area contributed by atoms with E-state index < -0.39 is 11.1 Å². The minimum atomic E-state index is -2.07. The molecule has 0 aromatic heterocycles. The van der Waals surface area contributed by atoms with E-state index in [9.17, 15) is 13.6 Å². The van der Waals surface area contributed by atoms with Crippen LogP contribution < -0.4 is 0 Å². The highest BCUT2D eigenvalue weighted by Gasteiger charge is 2.09. The summed E-state index contributed by atoms with van der Waals surface area (Å²) in [7, 11) is 0. The first-order valence-corrected chi connectivity index (χ1v) is 5.02. The Morgan fingerprint density at radius 1 is 1.67 bits per heavy atom. The van der Waals surface area contributed by atoms with Crippen molar-refractivity contribution in [1.29, 1.82) is 0 Å². The van der Waals surface area contributed by atoms with Crippen LogP contribution in [0.4, 0.5) is 0 Å². The summed E-state index contributed by atoms with van der Waals surface area (Å²) < 4.78 is 25.0. The summed E-state index contributed by atoms with van der Waals surface area (Å²) in [6, 6.07) is 0. The summed E-state index contributed by atoms with van der Waals surface area (Å²) in [5.74, 6) is -0.489. The third kappa shape index (κ3) is 6.30. The molecule has 1 unspecified atom stereocenters. The number of hydrogen-bond donors (Lipinski definition) is 0. The third-order valence-electron chi connectivity index (χ3n) is 1.24. The quantitative estimate of drug-likeness (QED) is 0.470. The zero-order valence-electron chi connectivity index (χ0n) is 7.24. The number of ether oxygens (including phenoxy) is 1. The highest BCUT2D eigenvalue weighted by atomic mass is 32.2. The van der Waals surface area contributed by atoms with Crippen molar-refractivity contribution in [3.63, 3.8) is 0 Å². The predicted molar refractivity (Wildman–Crippen MR) is 44.2 cm³/mol. The molecule has 0 aliphatic heterocycles. The van der Waals surface area contributed by atoms with E-state index in [0.717, 1.165) is 0 Å². The largest absolute Gasteiger partial charge is 0.772 e. The van der Waals surface area contributed by atoms with Crippen molar-refractivity contribution in [2.45, 2.75) is 20.3 Å².